The summed E-state index contributed by atoms with van der Waals surface area (Å²) in [7, 11) is -0.784. The van der Waals surface area contributed by atoms with Gasteiger partial charge in [-0.15, -0.1) is 0 Å². The van der Waals surface area contributed by atoms with Crippen LogP contribution in [0.3, 0.4) is 0 Å². The number of halogens is 1. The molecule has 128 valence electrons. The number of anilines is 1. The van der Waals surface area contributed by atoms with E-state index in [1.165, 1.54) is 25.2 Å². The lowest BCUT2D eigenvalue weighted by Crippen LogP contribution is -2.20. The fraction of sp³-hybridized carbons (Fsp3) is 0.188. The maximum Gasteiger partial charge on any atom is 0.257 e. The second-order valence-electron chi connectivity index (χ2n) is 4.94. The van der Waals surface area contributed by atoms with E-state index in [0.29, 0.717) is 12.3 Å². The summed E-state index contributed by atoms with van der Waals surface area (Å²) in [5.74, 6) is -0.497. The molecule has 2 N–H and O–H groups in total. The van der Waals surface area contributed by atoms with Crippen LogP contribution < -0.4 is 10.0 Å². The van der Waals surface area contributed by atoms with E-state index in [4.69, 9.17) is 16.3 Å². The number of amides is 1. The fourth-order valence-electron chi connectivity index (χ4n) is 2.07. The molecule has 24 heavy (non-hydrogen) atoms. The SMILES string of the molecule is CNS(=O)(=O)c1ccc(Cl)c(C(=O)Nc2cccc(COC)c2)c1. The molecule has 2 aromatic rings. The Labute approximate surface area is 145 Å². The zero-order valence-electron chi connectivity index (χ0n) is 13.2. The van der Waals surface area contributed by atoms with E-state index >= 15 is 0 Å². The second-order valence-corrected chi connectivity index (χ2v) is 7.23. The molecule has 0 aliphatic heterocycles. The zero-order valence-corrected chi connectivity index (χ0v) is 14.7. The topological polar surface area (TPSA) is 84.5 Å². The summed E-state index contributed by atoms with van der Waals surface area (Å²) < 4.78 is 31.0. The van der Waals surface area contributed by atoms with Crippen molar-refractivity contribution in [1.29, 1.82) is 0 Å². The van der Waals surface area contributed by atoms with Gasteiger partial charge >= 0.3 is 0 Å². The Morgan fingerprint density at radius 3 is 2.62 bits per heavy atom. The third-order valence-corrected chi connectivity index (χ3v) is 5.00. The first-order valence-corrected chi connectivity index (χ1v) is 8.86. The minimum absolute atomic E-state index is 0.0346. The molecule has 2 aromatic carbocycles. The number of rotatable bonds is 6. The highest BCUT2D eigenvalue weighted by Gasteiger charge is 2.17. The molecule has 2 rings (SSSR count). The van der Waals surface area contributed by atoms with Gasteiger partial charge < -0.3 is 10.1 Å². The van der Waals surface area contributed by atoms with E-state index in [1.54, 1.807) is 25.3 Å². The number of benzene rings is 2. The summed E-state index contributed by atoms with van der Waals surface area (Å²) in [5.41, 5.74) is 1.53. The first-order chi connectivity index (χ1) is 11.4. The molecule has 0 radical (unpaired) electrons. The highest BCUT2D eigenvalue weighted by molar-refractivity contribution is 7.89. The van der Waals surface area contributed by atoms with Crippen LogP contribution in [0.2, 0.25) is 5.02 Å². The highest BCUT2D eigenvalue weighted by Crippen LogP contribution is 2.22. The summed E-state index contributed by atoms with van der Waals surface area (Å²) in [6, 6.07) is 11.1. The summed E-state index contributed by atoms with van der Waals surface area (Å²) in [6.45, 7) is 0.417. The molecule has 6 nitrogen and oxygen atoms in total. The number of methoxy groups -OCH3 is 1. The Morgan fingerprint density at radius 2 is 1.96 bits per heavy atom. The summed E-state index contributed by atoms with van der Waals surface area (Å²) in [6.07, 6.45) is 0. The van der Waals surface area contributed by atoms with Gasteiger partial charge in [0, 0.05) is 12.8 Å². The quantitative estimate of drug-likeness (QED) is 0.820. The van der Waals surface area contributed by atoms with Gasteiger partial charge in [0.05, 0.1) is 22.1 Å². The van der Waals surface area contributed by atoms with Gasteiger partial charge in [-0.2, -0.15) is 0 Å². The predicted molar refractivity (Wildman–Crippen MR) is 92.8 cm³/mol. The number of ether oxygens (including phenoxy) is 1. The van der Waals surface area contributed by atoms with Crippen LogP contribution in [0.15, 0.2) is 47.4 Å². The Balaban J connectivity index is 2.30. The van der Waals surface area contributed by atoms with Crippen molar-refractivity contribution in [1.82, 2.24) is 4.72 Å². The first-order valence-electron chi connectivity index (χ1n) is 6.99. The summed E-state index contributed by atoms with van der Waals surface area (Å²) >= 11 is 6.04. The van der Waals surface area contributed by atoms with Gasteiger partial charge in [0.1, 0.15) is 0 Å². The van der Waals surface area contributed by atoms with Crippen molar-refractivity contribution in [3.63, 3.8) is 0 Å². The van der Waals surface area contributed by atoms with Gasteiger partial charge in [0.15, 0.2) is 0 Å². The average Bonchev–Trinajstić information content (AvgIpc) is 2.55. The van der Waals surface area contributed by atoms with Crippen molar-refractivity contribution in [2.24, 2.45) is 0 Å². The Morgan fingerprint density at radius 1 is 1.21 bits per heavy atom. The van der Waals surface area contributed by atoms with Crippen LogP contribution in [0, 0.1) is 0 Å². The van der Waals surface area contributed by atoms with Crippen LogP contribution in [0.4, 0.5) is 5.69 Å². The van der Waals surface area contributed by atoms with E-state index < -0.39 is 15.9 Å². The number of nitrogens with one attached hydrogen (secondary N) is 2. The predicted octanol–water partition coefficient (Wildman–Crippen LogP) is 2.65. The van der Waals surface area contributed by atoms with Gasteiger partial charge in [0.25, 0.3) is 5.91 Å². The van der Waals surface area contributed by atoms with Crippen LogP contribution in [-0.2, 0) is 21.4 Å². The molecule has 0 saturated heterocycles. The molecule has 0 aromatic heterocycles. The van der Waals surface area contributed by atoms with Crippen molar-refractivity contribution in [3.8, 4) is 0 Å². The van der Waals surface area contributed by atoms with Gasteiger partial charge in [-0.1, -0.05) is 23.7 Å². The second kappa shape index (κ2) is 7.76. The van der Waals surface area contributed by atoms with Gasteiger partial charge in [-0.25, -0.2) is 13.1 Å². The smallest absolute Gasteiger partial charge is 0.257 e. The van der Waals surface area contributed by atoms with E-state index in [0.717, 1.165) is 5.56 Å². The molecule has 0 heterocycles. The molecule has 0 bridgehead atoms. The molecule has 0 aliphatic rings. The van der Waals surface area contributed by atoms with Gasteiger partial charge in [0.2, 0.25) is 10.0 Å². The van der Waals surface area contributed by atoms with Gasteiger partial charge in [-0.3, -0.25) is 4.79 Å². The minimum atomic E-state index is -3.66. The standard InChI is InChI=1S/C16H17ClN2O4S/c1-18-24(21,22)13-6-7-15(17)14(9-13)16(20)19-12-5-3-4-11(8-12)10-23-2/h3-9,18H,10H2,1-2H3,(H,19,20). The van der Waals surface area contributed by atoms with E-state index in [-0.39, 0.29) is 15.5 Å². The van der Waals surface area contributed by atoms with E-state index in [9.17, 15) is 13.2 Å². The van der Waals surface area contributed by atoms with Crippen molar-refractivity contribution in [3.05, 3.63) is 58.6 Å². The number of carbonyl (C=O) groups excluding carboxylic acids is 1. The first kappa shape index (κ1) is 18.4. The number of hydrogen-bond acceptors (Lipinski definition) is 4. The molecular formula is C16H17ClN2O4S. The third-order valence-electron chi connectivity index (χ3n) is 3.26. The van der Waals surface area contributed by atoms with Crippen LogP contribution in [0.5, 0.6) is 0 Å². The third kappa shape index (κ3) is 4.33. The fourth-order valence-corrected chi connectivity index (χ4v) is 3.03. The lowest BCUT2D eigenvalue weighted by molar-refractivity contribution is 0.102. The number of hydrogen-bond donors (Lipinski definition) is 2. The Bertz CT molecular complexity index is 853. The highest BCUT2D eigenvalue weighted by atomic mass is 35.5. The maximum absolute atomic E-state index is 12.4. The van der Waals surface area contributed by atoms with E-state index in [1.807, 2.05) is 6.07 Å². The lowest BCUT2D eigenvalue weighted by atomic mass is 10.2. The summed E-state index contributed by atoms with van der Waals surface area (Å²) in [5, 5.41) is 2.86. The minimum Gasteiger partial charge on any atom is -0.380 e. The average molecular weight is 369 g/mol. The molecule has 0 aliphatic carbocycles. The van der Waals surface area contributed by atoms with E-state index in [2.05, 4.69) is 10.0 Å². The molecule has 0 saturated carbocycles. The normalized spacial score (nSPS) is 11.3. The molecular weight excluding hydrogens is 352 g/mol. The maximum atomic E-state index is 12.4. The monoisotopic (exact) mass is 368 g/mol. The van der Waals surface area contributed by atoms with Crippen molar-refractivity contribution < 1.29 is 17.9 Å². The molecule has 0 unspecified atom stereocenters. The molecule has 8 heteroatoms. The number of sulfonamides is 1. The Kier molecular flexibility index (Phi) is 5.95. The number of carbonyl (C=O) groups is 1. The summed E-state index contributed by atoms with van der Waals surface area (Å²) in [4.78, 5) is 12.4. The van der Waals surface area contributed by atoms with Crippen LogP contribution in [-0.4, -0.2) is 28.5 Å². The van der Waals surface area contributed by atoms with Crippen molar-refractivity contribution >= 4 is 33.2 Å². The molecule has 0 fully saturated rings. The Hall–Kier alpha value is -1.93. The zero-order chi connectivity index (χ0) is 17.7. The molecule has 0 atom stereocenters. The van der Waals surface area contributed by atoms with Crippen molar-refractivity contribution in [2.45, 2.75) is 11.5 Å². The largest absolute Gasteiger partial charge is 0.380 e. The van der Waals surface area contributed by atoms with Crippen LogP contribution >= 0.6 is 11.6 Å². The van der Waals surface area contributed by atoms with Crippen LogP contribution in [0.25, 0.3) is 0 Å². The van der Waals surface area contributed by atoms with Gasteiger partial charge in [-0.05, 0) is 42.9 Å². The van der Waals surface area contributed by atoms with Crippen molar-refractivity contribution in [2.75, 3.05) is 19.5 Å². The lowest BCUT2D eigenvalue weighted by Gasteiger charge is -2.10. The molecule has 1 amide bonds. The van der Waals surface area contributed by atoms with Crippen LogP contribution in [0.1, 0.15) is 15.9 Å². The molecule has 0 spiro atoms.